The minimum Gasteiger partial charge on any atom is -0.352 e. The lowest BCUT2D eigenvalue weighted by Gasteiger charge is -2.32. The van der Waals surface area contributed by atoms with Gasteiger partial charge in [-0.1, -0.05) is 6.07 Å². The molecule has 2 N–H and O–H groups in total. The summed E-state index contributed by atoms with van der Waals surface area (Å²) in [5, 5.41) is 9.96. The van der Waals surface area contributed by atoms with Gasteiger partial charge < -0.3 is 5.32 Å². The first-order valence-electron chi connectivity index (χ1n) is 9.00. The number of aromatic nitrogens is 2. The molecule has 1 amide bonds. The Kier molecular flexibility index (Phi) is 5.84. The van der Waals surface area contributed by atoms with Gasteiger partial charge in [-0.3, -0.25) is 14.8 Å². The number of likely N-dealkylation sites (tertiary alicyclic amines) is 1. The molecule has 1 atom stereocenters. The molecule has 146 valence electrons. The average Bonchev–Trinajstić information content (AvgIpc) is 3.04. The number of nitrogens with one attached hydrogen (secondary N) is 2. The summed E-state index contributed by atoms with van der Waals surface area (Å²) in [7, 11) is 0. The Morgan fingerprint density at radius 2 is 2.19 bits per heavy atom. The third-order valence-electron chi connectivity index (χ3n) is 4.75. The monoisotopic (exact) mass is 380 g/mol. The Morgan fingerprint density at radius 1 is 1.37 bits per heavy atom. The number of aryl methyl sites for hydroxylation is 1. The number of hydrogen-bond acceptors (Lipinski definition) is 3. The first-order valence-corrected chi connectivity index (χ1v) is 9.00. The van der Waals surface area contributed by atoms with Crippen LogP contribution in [0.1, 0.15) is 40.2 Å². The smallest absolute Gasteiger partial charge is 0.352 e. The second kappa shape index (κ2) is 8.12. The molecule has 2 aromatic rings. The molecule has 1 aromatic carbocycles. The third-order valence-corrected chi connectivity index (χ3v) is 4.75. The summed E-state index contributed by atoms with van der Waals surface area (Å²) in [5.41, 5.74) is 1.23. The van der Waals surface area contributed by atoms with Gasteiger partial charge >= 0.3 is 6.18 Å². The van der Waals surface area contributed by atoms with Crippen molar-refractivity contribution in [1.82, 2.24) is 20.4 Å². The Hall–Kier alpha value is -2.35. The number of amides is 1. The predicted molar refractivity (Wildman–Crippen MR) is 95.1 cm³/mol. The number of aromatic amines is 1. The number of halogens is 3. The van der Waals surface area contributed by atoms with Gasteiger partial charge in [-0.15, -0.1) is 0 Å². The van der Waals surface area contributed by atoms with Crippen LogP contribution in [0.5, 0.6) is 0 Å². The molecule has 0 aliphatic carbocycles. The summed E-state index contributed by atoms with van der Waals surface area (Å²) in [4.78, 5) is 14.5. The minimum atomic E-state index is -4.45. The van der Waals surface area contributed by atoms with Gasteiger partial charge in [0.1, 0.15) is 0 Å². The highest BCUT2D eigenvalue weighted by Gasteiger charge is 2.31. The second-order valence-electron chi connectivity index (χ2n) is 7.07. The zero-order chi connectivity index (χ0) is 19.4. The molecule has 2 heterocycles. The van der Waals surface area contributed by atoms with Crippen LogP contribution in [-0.2, 0) is 12.7 Å². The molecule has 1 unspecified atom stereocenters. The molecule has 1 saturated heterocycles. The predicted octanol–water partition coefficient (Wildman–Crippen LogP) is 3.38. The lowest BCUT2D eigenvalue weighted by molar-refractivity contribution is -0.137. The quantitative estimate of drug-likeness (QED) is 0.836. The Bertz CT molecular complexity index is 787. The highest BCUT2D eigenvalue weighted by molar-refractivity contribution is 5.94. The van der Waals surface area contributed by atoms with Crippen molar-refractivity contribution < 1.29 is 18.0 Å². The zero-order valence-corrected chi connectivity index (χ0v) is 15.1. The van der Waals surface area contributed by atoms with E-state index in [9.17, 15) is 18.0 Å². The van der Waals surface area contributed by atoms with Crippen molar-refractivity contribution >= 4 is 5.91 Å². The van der Waals surface area contributed by atoms with E-state index in [1.807, 2.05) is 13.0 Å². The van der Waals surface area contributed by atoms with E-state index in [-0.39, 0.29) is 11.5 Å². The number of alkyl halides is 3. The molecule has 0 spiro atoms. The van der Waals surface area contributed by atoms with Gasteiger partial charge in [0, 0.05) is 30.9 Å². The summed E-state index contributed by atoms with van der Waals surface area (Å²) in [5.74, 6) is -0.199. The molecule has 1 aliphatic rings. The number of benzene rings is 1. The van der Waals surface area contributed by atoms with Gasteiger partial charge in [-0.25, -0.2) is 0 Å². The van der Waals surface area contributed by atoms with Crippen LogP contribution in [-0.4, -0.2) is 40.6 Å². The molecule has 1 fully saturated rings. The fourth-order valence-electron chi connectivity index (χ4n) is 3.42. The molecule has 0 radical (unpaired) electrons. The maximum absolute atomic E-state index is 12.8. The molecular weight excluding hydrogens is 357 g/mol. The molecular formula is C19H23F3N4O. The van der Waals surface area contributed by atoms with Crippen molar-refractivity contribution in [1.29, 1.82) is 0 Å². The molecule has 1 aliphatic heterocycles. The molecule has 8 heteroatoms. The lowest BCUT2D eigenvalue weighted by Crippen LogP contribution is -2.40. The number of piperidine rings is 1. The van der Waals surface area contributed by atoms with Crippen LogP contribution in [0.25, 0.3) is 0 Å². The first-order chi connectivity index (χ1) is 12.8. The summed E-state index contributed by atoms with van der Waals surface area (Å²) in [6.45, 7) is 4.96. The second-order valence-corrected chi connectivity index (χ2v) is 7.07. The van der Waals surface area contributed by atoms with Crippen molar-refractivity contribution in [2.75, 3.05) is 19.6 Å². The van der Waals surface area contributed by atoms with Crippen LogP contribution in [0.3, 0.4) is 0 Å². The van der Waals surface area contributed by atoms with E-state index in [0.29, 0.717) is 6.54 Å². The first kappa shape index (κ1) is 19.4. The van der Waals surface area contributed by atoms with Gasteiger partial charge in [0.05, 0.1) is 11.3 Å². The van der Waals surface area contributed by atoms with E-state index in [4.69, 9.17) is 0 Å². The zero-order valence-electron chi connectivity index (χ0n) is 15.1. The van der Waals surface area contributed by atoms with E-state index in [1.165, 1.54) is 12.1 Å². The Labute approximate surface area is 155 Å². The number of carbonyl (C=O) groups is 1. The standard InChI is InChI=1S/C19H23F3N4O/c1-13-8-17(25-24-13)12-26-7-3-4-14(11-26)10-23-18(27)15-5-2-6-16(9-15)19(20,21)22/h2,5-6,8-9,14H,3-4,7,10-12H2,1H3,(H,23,27)(H,24,25). The van der Waals surface area contributed by atoms with E-state index >= 15 is 0 Å². The van der Waals surface area contributed by atoms with Gasteiger partial charge in [-0.05, 0) is 56.5 Å². The normalized spacial score (nSPS) is 18.4. The van der Waals surface area contributed by atoms with E-state index in [0.717, 1.165) is 56.0 Å². The maximum Gasteiger partial charge on any atom is 0.416 e. The number of carbonyl (C=O) groups excluding carboxylic acids is 1. The van der Waals surface area contributed by atoms with Crippen LogP contribution in [0.4, 0.5) is 13.2 Å². The lowest BCUT2D eigenvalue weighted by atomic mass is 9.97. The minimum absolute atomic E-state index is 0.0319. The van der Waals surface area contributed by atoms with E-state index in [1.54, 1.807) is 0 Å². The summed E-state index contributed by atoms with van der Waals surface area (Å²) in [6, 6.07) is 6.53. The molecule has 1 aromatic heterocycles. The van der Waals surface area contributed by atoms with Crippen molar-refractivity contribution in [3.05, 3.63) is 52.8 Å². The van der Waals surface area contributed by atoms with Crippen molar-refractivity contribution in [3.8, 4) is 0 Å². The summed E-state index contributed by atoms with van der Waals surface area (Å²) < 4.78 is 38.4. The van der Waals surface area contributed by atoms with Crippen LogP contribution < -0.4 is 5.32 Å². The summed E-state index contributed by atoms with van der Waals surface area (Å²) >= 11 is 0. The fraction of sp³-hybridized carbons (Fsp3) is 0.474. The van der Waals surface area contributed by atoms with Crippen molar-refractivity contribution in [2.45, 2.75) is 32.5 Å². The van der Waals surface area contributed by atoms with Crippen molar-refractivity contribution in [3.63, 3.8) is 0 Å². The number of nitrogens with zero attached hydrogens (tertiary/aromatic N) is 2. The fourth-order valence-corrected chi connectivity index (χ4v) is 3.42. The van der Waals surface area contributed by atoms with Gasteiger partial charge in [0.15, 0.2) is 0 Å². The third kappa shape index (κ3) is 5.32. The Morgan fingerprint density at radius 3 is 2.89 bits per heavy atom. The molecule has 3 rings (SSSR count). The average molecular weight is 380 g/mol. The van der Waals surface area contributed by atoms with Crippen LogP contribution in [0.15, 0.2) is 30.3 Å². The van der Waals surface area contributed by atoms with E-state index in [2.05, 4.69) is 20.4 Å². The van der Waals surface area contributed by atoms with Gasteiger partial charge in [0.2, 0.25) is 0 Å². The van der Waals surface area contributed by atoms with E-state index < -0.39 is 17.6 Å². The Balaban J connectivity index is 1.52. The van der Waals surface area contributed by atoms with Crippen molar-refractivity contribution in [2.24, 2.45) is 5.92 Å². The highest BCUT2D eigenvalue weighted by atomic mass is 19.4. The SMILES string of the molecule is Cc1cc(CN2CCCC(CNC(=O)c3cccc(C(F)(F)F)c3)C2)n[nH]1. The number of H-pyrrole nitrogens is 1. The van der Waals surface area contributed by atoms with Gasteiger partial charge in [0.25, 0.3) is 5.91 Å². The molecule has 0 bridgehead atoms. The molecule has 5 nitrogen and oxygen atoms in total. The van der Waals surface area contributed by atoms with Crippen LogP contribution >= 0.6 is 0 Å². The largest absolute Gasteiger partial charge is 0.416 e. The molecule has 0 saturated carbocycles. The molecule has 27 heavy (non-hydrogen) atoms. The number of rotatable bonds is 5. The van der Waals surface area contributed by atoms with Crippen LogP contribution in [0.2, 0.25) is 0 Å². The number of hydrogen-bond donors (Lipinski definition) is 2. The summed E-state index contributed by atoms with van der Waals surface area (Å²) in [6.07, 6.45) is -2.45. The van der Waals surface area contributed by atoms with Gasteiger partial charge in [-0.2, -0.15) is 18.3 Å². The highest BCUT2D eigenvalue weighted by Crippen LogP contribution is 2.29. The topological polar surface area (TPSA) is 61.0 Å². The van der Waals surface area contributed by atoms with Crippen LogP contribution in [0, 0.1) is 12.8 Å². The maximum atomic E-state index is 12.8.